The van der Waals surface area contributed by atoms with Crippen LogP contribution in [-0.4, -0.2) is 13.1 Å². The highest BCUT2D eigenvalue weighted by molar-refractivity contribution is 5.70. The van der Waals surface area contributed by atoms with Gasteiger partial charge in [0.15, 0.2) is 0 Å². The van der Waals surface area contributed by atoms with Crippen molar-refractivity contribution in [2.24, 2.45) is 0 Å². The molecule has 0 aliphatic carbocycles. The monoisotopic (exact) mass is 220 g/mol. The Morgan fingerprint density at radius 3 is 2.06 bits per heavy atom. The molecule has 0 fully saturated rings. The van der Waals surface area contributed by atoms with Crippen LogP contribution in [-0.2, 0) is 9.53 Å². The van der Waals surface area contributed by atoms with Crippen molar-refractivity contribution in [3.63, 3.8) is 0 Å². The van der Waals surface area contributed by atoms with Gasteiger partial charge in [0, 0.05) is 0 Å². The van der Waals surface area contributed by atoms with E-state index >= 15 is 0 Å². The first-order valence-electron chi connectivity index (χ1n) is 5.71. The van der Waals surface area contributed by atoms with E-state index in [9.17, 15) is 4.79 Å². The molecule has 0 radical (unpaired) electrons. The van der Waals surface area contributed by atoms with Gasteiger partial charge in [0.1, 0.15) is 0 Å². The summed E-state index contributed by atoms with van der Waals surface area (Å²) in [6.07, 6.45) is 0.442. The fourth-order valence-corrected chi connectivity index (χ4v) is 1.66. The van der Waals surface area contributed by atoms with Crippen LogP contribution in [0, 0.1) is 0 Å². The molecule has 0 amide bonds. The molecule has 1 aromatic rings. The fraction of sp³-hybridized carbons (Fsp3) is 0.500. The van der Waals surface area contributed by atoms with Gasteiger partial charge < -0.3 is 4.74 Å². The molecule has 0 heterocycles. The lowest BCUT2D eigenvalue weighted by Crippen LogP contribution is -2.06. The van der Waals surface area contributed by atoms with Crippen molar-refractivity contribution in [3.8, 4) is 0 Å². The van der Waals surface area contributed by atoms with Gasteiger partial charge in [-0.2, -0.15) is 0 Å². The largest absolute Gasteiger partial charge is 0.469 e. The number of methoxy groups -OCH3 is 1. The number of carbonyl (C=O) groups is 1. The van der Waals surface area contributed by atoms with Crippen molar-refractivity contribution in [2.75, 3.05) is 7.11 Å². The zero-order chi connectivity index (χ0) is 12.1. The molecule has 1 unspecified atom stereocenters. The molecule has 1 rings (SSSR count). The summed E-state index contributed by atoms with van der Waals surface area (Å²) in [5.74, 6) is 0.610. The van der Waals surface area contributed by atoms with Crippen LogP contribution >= 0.6 is 0 Å². The Morgan fingerprint density at radius 1 is 1.12 bits per heavy atom. The summed E-state index contributed by atoms with van der Waals surface area (Å²) in [5.41, 5.74) is 2.52. The van der Waals surface area contributed by atoms with Gasteiger partial charge in [0.05, 0.1) is 13.5 Å². The predicted molar refractivity (Wildman–Crippen MR) is 65.6 cm³/mol. The number of carbonyl (C=O) groups excluding carboxylic acids is 1. The van der Waals surface area contributed by atoms with Crippen molar-refractivity contribution >= 4 is 5.97 Å². The summed E-state index contributed by atoms with van der Waals surface area (Å²) in [7, 11) is 1.43. The van der Waals surface area contributed by atoms with E-state index in [2.05, 4.69) is 42.8 Å². The summed E-state index contributed by atoms with van der Waals surface area (Å²) < 4.78 is 4.67. The van der Waals surface area contributed by atoms with Gasteiger partial charge in [-0.25, -0.2) is 0 Å². The van der Waals surface area contributed by atoms with Crippen LogP contribution in [0.4, 0.5) is 0 Å². The highest BCUT2D eigenvalue weighted by Crippen LogP contribution is 2.22. The van der Waals surface area contributed by atoms with Crippen LogP contribution in [0.1, 0.15) is 50.2 Å². The summed E-state index contributed by atoms with van der Waals surface area (Å²) in [6.45, 7) is 6.39. The molecule has 2 nitrogen and oxygen atoms in total. The number of hydrogen-bond donors (Lipinski definition) is 0. The Morgan fingerprint density at radius 2 is 1.62 bits per heavy atom. The fourth-order valence-electron chi connectivity index (χ4n) is 1.66. The van der Waals surface area contributed by atoms with Gasteiger partial charge in [-0.1, -0.05) is 45.0 Å². The summed E-state index contributed by atoms with van der Waals surface area (Å²) in [5, 5.41) is 0. The van der Waals surface area contributed by atoms with Crippen molar-refractivity contribution < 1.29 is 9.53 Å². The number of ether oxygens (including phenoxy) is 1. The second kappa shape index (κ2) is 5.69. The Hall–Kier alpha value is -1.31. The molecule has 2 heteroatoms. The molecule has 0 aliphatic heterocycles. The molecule has 1 atom stereocenters. The van der Waals surface area contributed by atoms with E-state index < -0.39 is 0 Å². The van der Waals surface area contributed by atoms with E-state index in [-0.39, 0.29) is 11.9 Å². The van der Waals surface area contributed by atoms with Crippen molar-refractivity contribution in [3.05, 3.63) is 35.4 Å². The van der Waals surface area contributed by atoms with Crippen molar-refractivity contribution in [1.29, 1.82) is 0 Å². The SMILES string of the molecule is COC(=O)CC(C)c1ccc(C(C)C)cc1. The van der Waals surface area contributed by atoms with E-state index in [0.29, 0.717) is 12.3 Å². The van der Waals surface area contributed by atoms with E-state index in [0.717, 1.165) is 0 Å². The lowest BCUT2D eigenvalue weighted by atomic mass is 9.94. The van der Waals surface area contributed by atoms with Crippen LogP contribution in [0.2, 0.25) is 0 Å². The first-order chi connectivity index (χ1) is 7.54. The minimum Gasteiger partial charge on any atom is -0.469 e. The molecule has 0 aromatic heterocycles. The minimum absolute atomic E-state index is 0.152. The number of rotatable bonds is 4. The van der Waals surface area contributed by atoms with Crippen molar-refractivity contribution in [2.45, 2.75) is 39.0 Å². The molecular formula is C14H20O2. The first-order valence-corrected chi connectivity index (χ1v) is 5.71. The average Bonchev–Trinajstić information content (AvgIpc) is 2.28. The molecule has 0 saturated heterocycles. The van der Waals surface area contributed by atoms with Gasteiger partial charge in [-0.3, -0.25) is 4.79 Å². The molecule has 0 bridgehead atoms. The van der Waals surface area contributed by atoms with Gasteiger partial charge in [-0.15, -0.1) is 0 Å². The van der Waals surface area contributed by atoms with Gasteiger partial charge in [0.25, 0.3) is 0 Å². The van der Waals surface area contributed by atoms with E-state index in [1.165, 1.54) is 18.2 Å². The Labute approximate surface area is 97.6 Å². The maximum atomic E-state index is 11.1. The topological polar surface area (TPSA) is 26.3 Å². The summed E-state index contributed by atoms with van der Waals surface area (Å²) in [4.78, 5) is 11.1. The number of hydrogen-bond acceptors (Lipinski definition) is 2. The zero-order valence-electron chi connectivity index (χ0n) is 10.5. The second-order valence-electron chi connectivity index (χ2n) is 4.50. The Balaban J connectivity index is 2.70. The smallest absolute Gasteiger partial charge is 0.306 e. The van der Waals surface area contributed by atoms with Crippen LogP contribution in [0.3, 0.4) is 0 Å². The van der Waals surface area contributed by atoms with Crippen LogP contribution < -0.4 is 0 Å². The average molecular weight is 220 g/mol. The zero-order valence-corrected chi connectivity index (χ0v) is 10.5. The van der Waals surface area contributed by atoms with Gasteiger partial charge >= 0.3 is 5.97 Å². The first kappa shape index (κ1) is 12.8. The molecule has 0 N–H and O–H groups in total. The Bertz CT molecular complexity index is 338. The quantitative estimate of drug-likeness (QED) is 0.726. The molecule has 16 heavy (non-hydrogen) atoms. The summed E-state index contributed by atoms with van der Waals surface area (Å²) in [6, 6.07) is 8.47. The number of benzene rings is 1. The third-order valence-corrected chi connectivity index (χ3v) is 2.87. The molecule has 1 aromatic carbocycles. The third-order valence-electron chi connectivity index (χ3n) is 2.87. The molecule has 88 valence electrons. The normalized spacial score (nSPS) is 12.6. The van der Waals surface area contributed by atoms with Gasteiger partial charge in [-0.05, 0) is 23.0 Å². The highest BCUT2D eigenvalue weighted by atomic mass is 16.5. The van der Waals surface area contributed by atoms with Crippen molar-refractivity contribution in [1.82, 2.24) is 0 Å². The number of esters is 1. The maximum absolute atomic E-state index is 11.1. The molecular weight excluding hydrogens is 200 g/mol. The summed E-state index contributed by atoms with van der Waals surface area (Å²) >= 11 is 0. The van der Waals surface area contributed by atoms with Crippen LogP contribution in [0.25, 0.3) is 0 Å². The predicted octanol–water partition coefficient (Wildman–Crippen LogP) is 3.48. The maximum Gasteiger partial charge on any atom is 0.306 e. The molecule has 0 aliphatic rings. The standard InChI is InChI=1S/C14H20O2/c1-10(2)12-5-7-13(8-6-12)11(3)9-14(15)16-4/h5-8,10-11H,9H2,1-4H3. The van der Waals surface area contributed by atoms with Crippen LogP contribution in [0.5, 0.6) is 0 Å². The second-order valence-corrected chi connectivity index (χ2v) is 4.50. The molecule has 0 saturated carbocycles. The van der Waals surface area contributed by atoms with E-state index in [1.807, 2.05) is 6.92 Å². The minimum atomic E-state index is -0.152. The van der Waals surface area contributed by atoms with Gasteiger partial charge in [0.2, 0.25) is 0 Å². The third kappa shape index (κ3) is 3.37. The lowest BCUT2D eigenvalue weighted by molar-refractivity contribution is -0.140. The highest BCUT2D eigenvalue weighted by Gasteiger charge is 2.11. The lowest BCUT2D eigenvalue weighted by Gasteiger charge is -2.12. The van der Waals surface area contributed by atoms with E-state index in [4.69, 9.17) is 0 Å². The van der Waals surface area contributed by atoms with E-state index in [1.54, 1.807) is 0 Å². The van der Waals surface area contributed by atoms with Crippen LogP contribution in [0.15, 0.2) is 24.3 Å². The molecule has 0 spiro atoms. The Kier molecular flexibility index (Phi) is 4.53.